The number of likely N-dealkylation sites (tertiary alicyclic amines) is 1. The molecular formula is C12H13NO2S. The van der Waals surface area contributed by atoms with Gasteiger partial charge in [-0.3, -0.25) is 0 Å². The first kappa shape index (κ1) is 11.0. The lowest BCUT2D eigenvalue weighted by molar-refractivity contribution is 0.169. The van der Waals surface area contributed by atoms with Crippen LogP contribution in [0.1, 0.15) is 18.0 Å². The molecule has 4 heteroatoms. The van der Waals surface area contributed by atoms with Crippen molar-refractivity contribution in [3.63, 3.8) is 0 Å². The molecule has 0 bridgehead atoms. The van der Waals surface area contributed by atoms with Crippen LogP contribution in [0.2, 0.25) is 0 Å². The maximum absolute atomic E-state index is 11.6. The molecule has 1 unspecified atom stereocenters. The Morgan fingerprint density at radius 2 is 2.12 bits per heavy atom. The Hall–Kier alpha value is -1.47. The van der Waals surface area contributed by atoms with E-state index >= 15 is 0 Å². The summed E-state index contributed by atoms with van der Waals surface area (Å²) in [4.78, 5) is 2.21. The molecular weight excluding hydrogens is 222 g/mol. The van der Waals surface area contributed by atoms with Crippen molar-refractivity contribution in [3.05, 3.63) is 29.8 Å². The highest BCUT2D eigenvalue weighted by Gasteiger charge is 2.30. The molecule has 0 N–H and O–H groups in total. The van der Waals surface area contributed by atoms with Gasteiger partial charge in [-0.25, -0.2) is 8.42 Å². The summed E-state index contributed by atoms with van der Waals surface area (Å²) in [6, 6.07) is 9.67. The highest BCUT2D eigenvalue weighted by Crippen LogP contribution is 2.35. The summed E-state index contributed by atoms with van der Waals surface area (Å²) in [7, 11) is -3.18. The molecule has 1 heterocycles. The average molecular weight is 235 g/mol. The fraction of sp³-hybridized carbons (Fsp3) is 0.333. The van der Waals surface area contributed by atoms with Gasteiger partial charge in [-0.15, -0.1) is 0 Å². The van der Waals surface area contributed by atoms with Crippen LogP contribution in [-0.2, 0) is 9.84 Å². The fourth-order valence-electron chi connectivity index (χ4n) is 1.96. The molecule has 0 aromatic heterocycles. The second-order valence-electron chi connectivity index (χ2n) is 3.94. The molecule has 0 aliphatic carbocycles. The van der Waals surface area contributed by atoms with Gasteiger partial charge >= 0.3 is 0 Å². The largest absolute Gasteiger partial charge is 0.325 e. The summed E-state index contributed by atoms with van der Waals surface area (Å²) in [5.41, 5.74) is 0.814. The third-order valence-corrected chi connectivity index (χ3v) is 4.03. The number of sulfone groups is 1. The van der Waals surface area contributed by atoms with Crippen molar-refractivity contribution in [2.24, 2.45) is 0 Å². The van der Waals surface area contributed by atoms with E-state index in [1.54, 1.807) is 12.1 Å². The molecule has 1 aliphatic heterocycles. The Balaban J connectivity index is 2.47. The minimum Gasteiger partial charge on any atom is -0.325 e. The van der Waals surface area contributed by atoms with Crippen LogP contribution in [0.3, 0.4) is 0 Å². The minimum absolute atomic E-state index is 0.0518. The number of hydrogen-bond donors (Lipinski definition) is 0. The molecule has 84 valence electrons. The van der Waals surface area contributed by atoms with Crippen molar-refractivity contribution >= 4 is 9.84 Å². The Kier molecular flexibility index (Phi) is 2.64. The van der Waals surface area contributed by atoms with Crippen LogP contribution < -0.4 is 0 Å². The molecule has 1 fully saturated rings. The van der Waals surface area contributed by atoms with Gasteiger partial charge in [-0.1, -0.05) is 24.6 Å². The van der Waals surface area contributed by atoms with Crippen LogP contribution in [0.4, 0.5) is 0 Å². The summed E-state index contributed by atoms with van der Waals surface area (Å²) in [6.45, 7) is 0.833. The van der Waals surface area contributed by atoms with Gasteiger partial charge in [0.15, 0.2) is 9.84 Å². The van der Waals surface area contributed by atoms with Crippen molar-refractivity contribution < 1.29 is 8.42 Å². The van der Waals surface area contributed by atoms with E-state index in [1.165, 1.54) is 6.26 Å². The first-order valence-electron chi connectivity index (χ1n) is 5.06. The molecule has 0 amide bonds. The topological polar surface area (TPSA) is 37.4 Å². The molecule has 1 saturated heterocycles. The maximum Gasteiger partial charge on any atom is 0.175 e. The highest BCUT2D eigenvalue weighted by atomic mass is 32.2. The smallest absolute Gasteiger partial charge is 0.175 e. The average Bonchev–Trinajstić information content (AvgIpc) is 2.16. The Morgan fingerprint density at radius 1 is 1.44 bits per heavy atom. The SMILES string of the molecule is C#CN1CCC1c1ccccc1S(C)(=O)=O. The predicted octanol–water partition coefficient (Wildman–Crippen LogP) is 1.43. The third kappa shape index (κ3) is 1.79. The van der Waals surface area contributed by atoms with Crippen LogP contribution >= 0.6 is 0 Å². The van der Waals surface area contributed by atoms with Gasteiger partial charge in [0, 0.05) is 18.8 Å². The van der Waals surface area contributed by atoms with E-state index in [1.807, 2.05) is 17.0 Å². The summed E-state index contributed by atoms with van der Waals surface area (Å²) < 4.78 is 23.2. The van der Waals surface area contributed by atoms with E-state index in [4.69, 9.17) is 6.42 Å². The summed E-state index contributed by atoms with van der Waals surface area (Å²) in [5, 5.41) is 0. The van der Waals surface area contributed by atoms with Gasteiger partial charge in [-0.2, -0.15) is 0 Å². The number of rotatable bonds is 2. The van der Waals surface area contributed by atoms with Crippen LogP contribution in [0.5, 0.6) is 0 Å². The van der Waals surface area contributed by atoms with Crippen LogP contribution in [0, 0.1) is 12.5 Å². The number of terminal acetylenes is 1. The number of hydrogen-bond acceptors (Lipinski definition) is 3. The van der Waals surface area contributed by atoms with Crippen LogP contribution in [0.25, 0.3) is 0 Å². The number of nitrogens with zero attached hydrogens (tertiary/aromatic N) is 1. The lowest BCUT2D eigenvalue weighted by Gasteiger charge is -2.39. The lowest BCUT2D eigenvalue weighted by Crippen LogP contribution is -2.37. The van der Waals surface area contributed by atoms with E-state index in [0.717, 1.165) is 18.5 Å². The molecule has 16 heavy (non-hydrogen) atoms. The minimum atomic E-state index is -3.18. The molecule has 0 saturated carbocycles. The molecule has 0 spiro atoms. The molecule has 2 rings (SSSR count). The Bertz CT molecular complexity index is 542. The van der Waals surface area contributed by atoms with E-state index < -0.39 is 9.84 Å². The standard InChI is InChI=1S/C12H13NO2S/c1-3-13-9-8-11(13)10-6-4-5-7-12(10)16(2,14)15/h1,4-7,11H,8-9H2,2H3. The second kappa shape index (κ2) is 3.84. The van der Waals surface area contributed by atoms with Crippen molar-refractivity contribution in [2.75, 3.05) is 12.8 Å². The van der Waals surface area contributed by atoms with Crippen molar-refractivity contribution in [3.8, 4) is 12.5 Å². The van der Waals surface area contributed by atoms with E-state index in [2.05, 4.69) is 6.04 Å². The zero-order valence-corrected chi connectivity index (χ0v) is 9.87. The third-order valence-electron chi connectivity index (χ3n) is 2.86. The maximum atomic E-state index is 11.6. The van der Waals surface area contributed by atoms with Gasteiger partial charge in [0.25, 0.3) is 0 Å². The summed E-state index contributed by atoms with van der Waals surface area (Å²) in [6.07, 6.45) is 7.49. The normalized spacial score (nSPS) is 20.0. The highest BCUT2D eigenvalue weighted by molar-refractivity contribution is 7.90. The molecule has 3 nitrogen and oxygen atoms in total. The fourth-order valence-corrected chi connectivity index (χ4v) is 2.92. The zero-order valence-electron chi connectivity index (χ0n) is 9.05. The second-order valence-corrected chi connectivity index (χ2v) is 5.92. The monoisotopic (exact) mass is 235 g/mol. The van der Waals surface area contributed by atoms with Gasteiger partial charge in [0.2, 0.25) is 0 Å². The van der Waals surface area contributed by atoms with Gasteiger partial charge in [0.05, 0.1) is 10.9 Å². The molecule has 1 aliphatic rings. The molecule has 1 aromatic rings. The van der Waals surface area contributed by atoms with Crippen molar-refractivity contribution in [1.29, 1.82) is 0 Å². The van der Waals surface area contributed by atoms with E-state index in [0.29, 0.717) is 4.90 Å². The first-order valence-corrected chi connectivity index (χ1v) is 6.95. The van der Waals surface area contributed by atoms with Crippen LogP contribution in [0.15, 0.2) is 29.2 Å². The van der Waals surface area contributed by atoms with Gasteiger partial charge in [0.1, 0.15) is 0 Å². The summed E-state index contributed by atoms with van der Waals surface area (Å²) in [5.74, 6) is 0. The lowest BCUT2D eigenvalue weighted by atomic mass is 9.95. The quantitative estimate of drug-likeness (QED) is 0.728. The van der Waals surface area contributed by atoms with Crippen LogP contribution in [-0.4, -0.2) is 26.1 Å². The Labute approximate surface area is 96.0 Å². The molecule has 1 atom stereocenters. The van der Waals surface area contributed by atoms with Gasteiger partial charge < -0.3 is 4.90 Å². The van der Waals surface area contributed by atoms with Crippen molar-refractivity contribution in [2.45, 2.75) is 17.4 Å². The van der Waals surface area contributed by atoms with E-state index in [-0.39, 0.29) is 6.04 Å². The molecule has 0 radical (unpaired) electrons. The van der Waals surface area contributed by atoms with Crippen molar-refractivity contribution in [1.82, 2.24) is 4.90 Å². The first-order chi connectivity index (χ1) is 7.54. The zero-order chi connectivity index (χ0) is 11.8. The predicted molar refractivity (Wildman–Crippen MR) is 62.4 cm³/mol. The summed E-state index contributed by atoms with van der Waals surface area (Å²) >= 11 is 0. The number of benzene rings is 1. The van der Waals surface area contributed by atoms with Gasteiger partial charge in [-0.05, 0) is 18.1 Å². The molecule has 1 aromatic carbocycles. The Morgan fingerprint density at radius 3 is 2.62 bits per heavy atom. The van der Waals surface area contributed by atoms with E-state index in [9.17, 15) is 8.42 Å².